The molecule has 2 heteroatoms. The summed E-state index contributed by atoms with van der Waals surface area (Å²) < 4.78 is 0. The first-order valence-corrected chi connectivity index (χ1v) is 5.02. The van der Waals surface area contributed by atoms with Gasteiger partial charge in [-0.25, -0.2) is 0 Å². The minimum atomic E-state index is 1.09. The molecule has 1 heterocycles. The van der Waals surface area contributed by atoms with Gasteiger partial charge in [-0.3, -0.25) is 4.98 Å². The molecule has 0 amide bonds. The lowest BCUT2D eigenvalue weighted by atomic mass is 10.4. The molecule has 1 nitrogen and oxygen atoms in total. The number of hydrogen-bond acceptors (Lipinski definition) is 1. The summed E-state index contributed by atoms with van der Waals surface area (Å²) in [6, 6.07) is 16.3. The van der Waals surface area contributed by atoms with E-state index in [1.807, 2.05) is 42.6 Å². The minimum Gasteiger partial charge on any atom is -0.256 e. The quantitative estimate of drug-likeness (QED) is 0.653. The second-order valence-corrected chi connectivity index (χ2v) is 3.83. The summed E-state index contributed by atoms with van der Waals surface area (Å²) >= 11 is 0. The first kappa shape index (κ1) is 8.40. The Bertz CT molecular complexity index is 321. The van der Waals surface area contributed by atoms with Gasteiger partial charge in [0.2, 0.25) is 0 Å². The highest BCUT2D eigenvalue weighted by Crippen LogP contribution is 2.06. The van der Waals surface area contributed by atoms with Crippen LogP contribution in [0.25, 0.3) is 0 Å². The molecule has 0 N–H and O–H groups in total. The molecule has 0 atom stereocenters. The van der Waals surface area contributed by atoms with Crippen LogP contribution >= 0.6 is 8.58 Å². The van der Waals surface area contributed by atoms with Crippen molar-refractivity contribution in [3.8, 4) is 0 Å². The zero-order chi connectivity index (χ0) is 8.93. The van der Waals surface area contributed by atoms with Crippen LogP contribution in [0.1, 0.15) is 0 Å². The van der Waals surface area contributed by atoms with Gasteiger partial charge in [0, 0.05) is 14.8 Å². The number of rotatable bonds is 2. The Morgan fingerprint density at radius 1 is 0.846 bits per heavy atom. The number of nitrogens with zero attached hydrogens (tertiary/aromatic N) is 1. The maximum atomic E-state index is 4.26. The molecule has 0 saturated heterocycles. The third kappa shape index (κ3) is 2.37. The Hall–Kier alpha value is -1.20. The van der Waals surface area contributed by atoms with Crippen molar-refractivity contribution < 1.29 is 0 Å². The highest BCUT2D eigenvalue weighted by atomic mass is 31.1. The van der Waals surface area contributed by atoms with Crippen LogP contribution in [-0.2, 0) is 0 Å². The van der Waals surface area contributed by atoms with E-state index >= 15 is 0 Å². The van der Waals surface area contributed by atoms with E-state index in [0.29, 0.717) is 0 Å². The van der Waals surface area contributed by atoms with Crippen molar-refractivity contribution in [1.82, 2.24) is 4.98 Å². The van der Waals surface area contributed by atoms with Crippen LogP contribution < -0.4 is 10.7 Å². The fraction of sp³-hybridized carbons (Fsp3) is 0. The van der Waals surface area contributed by atoms with Crippen molar-refractivity contribution in [3.63, 3.8) is 0 Å². The highest BCUT2D eigenvalue weighted by Gasteiger charge is 1.95. The average molecular weight is 186 g/mol. The Labute approximate surface area is 79.6 Å². The van der Waals surface area contributed by atoms with Crippen molar-refractivity contribution >= 4 is 19.3 Å². The van der Waals surface area contributed by atoms with E-state index in [1.165, 1.54) is 13.9 Å². The number of benzene rings is 1. The predicted molar refractivity (Wildman–Crippen MR) is 56.9 cm³/mol. The summed E-state index contributed by atoms with van der Waals surface area (Å²) in [7, 11) is 1.17. The van der Waals surface area contributed by atoms with Gasteiger partial charge in [0.1, 0.15) is 0 Å². The molecule has 0 aliphatic carbocycles. The van der Waals surface area contributed by atoms with Gasteiger partial charge in [-0.2, -0.15) is 0 Å². The molecular weight excluding hydrogens is 177 g/mol. The van der Waals surface area contributed by atoms with Crippen LogP contribution in [0.3, 0.4) is 0 Å². The molecule has 2 aromatic rings. The molecule has 0 saturated carbocycles. The monoisotopic (exact) mass is 186 g/mol. The van der Waals surface area contributed by atoms with Gasteiger partial charge in [0.05, 0.1) is 5.44 Å². The topological polar surface area (TPSA) is 12.9 Å². The normalized spacial score (nSPS) is 10.8. The lowest BCUT2D eigenvalue weighted by Gasteiger charge is -1.97. The van der Waals surface area contributed by atoms with Crippen LogP contribution in [0, 0.1) is 0 Å². The minimum absolute atomic E-state index is 1.09. The summed E-state index contributed by atoms with van der Waals surface area (Å²) in [6.45, 7) is 0. The van der Waals surface area contributed by atoms with Crippen LogP contribution in [0.15, 0.2) is 54.7 Å². The predicted octanol–water partition coefficient (Wildman–Crippen LogP) is 1.98. The van der Waals surface area contributed by atoms with Crippen LogP contribution in [0.5, 0.6) is 0 Å². The Morgan fingerprint density at radius 3 is 2.31 bits per heavy atom. The standard InChI is InChI=1S/C11H9NP/c1-2-6-10(7-3-1)13-11-8-4-5-9-12-11/h1-9H. The number of hydrogen-bond donors (Lipinski definition) is 0. The molecule has 0 spiro atoms. The van der Waals surface area contributed by atoms with Gasteiger partial charge in [-0.15, -0.1) is 0 Å². The molecule has 0 unspecified atom stereocenters. The molecule has 0 fully saturated rings. The van der Waals surface area contributed by atoms with E-state index in [4.69, 9.17) is 0 Å². The van der Waals surface area contributed by atoms with Gasteiger partial charge >= 0.3 is 0 Å². The van der Waals surface area contributed by atoms with Gasteiger partial charge in [-0.1, -0.05) is 36.4 Å². The van der Waals surface area contributed by atoms with Crippen molar-refractivity contribution in [2.75, 3.05) is 0 Å². The molecule has 63 valence electrons. The van der Waals surface area contributed by atoms with Gasteiger partial charge in [0.25, 0.3) is 0 Å². The summed E-state index contributed by atoms with van der Waals surface area (Å²) in [5, 5.41) is 1.28. The highest BCUT2D eigenvalue weighted by molar-refractivity contribution is 7.55. The fourth-order valence-corrected chi connectivity index (χ4v) is 1.93. The van der Waals surface area contributed by atoms with Gasteiger partial charge in [0.15, 0.2) is 0 Å². The molecular formula is C11H9NP. The summed E-state index contributed by atoms with van der Waals surface area (Å²) in [4.78, 5) is 4.26. The molecule has 0 bridgehead atoms. The summed E-state index contributed by atoms with van der Waals surface area (Å²) in [6.07, 6.45) is 1.82. The maximum absolute atomic E-state index is 4.26. The van der Waals surface area contributed by atoms with E-state index < -0.39 is 0 Å². The third-order valence-electron chi connectivity index (χ3n) is 1.65. The lowest BCUT2D eigenvalue weighted by molar-refractivity contribution is 1.39. The third-order valence-corrected chi connectivity index (χ3v) is 2.70. The smallest absolute Gasteiger partial charge is 0.0726 e. The lowest BCUT2D eigenvalue weighted by Crippen LogP contribution is -2.05. The zero-order valence-corrected chi connectivity index (χ0v) is 7.99. The zero-order valence-electron chi connectivity index (χ0n) is 7.09. The van der Waals surface area contributed by atoms with E-state index in [-0.39, 0.29) is 0 Å². The van der Waals surface area contributed by atoms with Crippen molar-refractivity contribution in [2.24, 2.45) is 0 Å². The van der Waals surface area contributed by atoms with E-state index in [9.17, 15) is 0 Å². The molecule has 1 aromatic carbocycles. The Balaban J connectivity index is 2.16. The number of pyridine rings is 1. The molecule has 0 aliphatic heterocycles. The van der Waals surface area contributed by atoms with E-state index in [0.717, 1.165) is 5.44 Å². The first-order valence-electron chi connectivity index (χ1n) is 4.13. The molecule has 1 radical (unpaired) electrons. The second kappa shape index (κ2) is 4.15. The average Bonchev–Trinajstić information content (AvgIpc) is 2.21. The van der Waals surface area contributed by atoms with Crippen LogP contribution in [-0.4, -0.2) is 4.98 Å². The Morgan fingerprint density at radius 2 is 1.62 bits per heavy atom. The van der Waals surface area contributed by atoms with E-state index in [2.05, 4.69) is 17.1 Å². The second-order valence-electron chi connectivity index (χ2n) is 2.64. The fourth-order valence-electron chi connectivity index (χ4n) is 1.05. The molecule has 0 aliphatic rings. The van der Waals surface area contributed by atoms with Crippen molar-refractivity contribution in [3.05, 3.63) is 54.7 Å². The van der Waals surface area contributed by atoms with Crippen molar-refractivity contribution in [1.29, 1.82) is 0 Å². The maximum Gasteiger partial charge on any atom is 0.0726 e. The summed E-state index contributed by atoms with van der Waals surface area (Å²) in [5.41, 5.74) is 1.09. The van der Waals surface area contributed by atoms with Gasteiger partial charge < -0.3 is 0 Å². The van der Waals surface area contributed by atoms with Gasteiger partial charge in [-0.05, 0) is 17.4 Å². The Kier molecular flexibility index (Phi) is 2.68. The van der Waals surface area contributed by atoms with Crippen molar-refractivity contribution in [2.45, 2.75) is 0 Å². The number of aromatic nitrogens is 1. The first-order chi connectivity index (χ1) is 6.45. The largest absolute Gasteiger partial charge is 0.256 e. The molecule has 13 heavy (non-hydrogen) atoms. The van der Waals surface area contributed by atoms with Crippen LogP contribution in [0.2, 0.25) is 0 Å². The SMILES string of the molecule is c1ccc([P]c2ccccn2)cc1. The summed E-state index contributed by atoms with van der Waals surface area (Å²) in [5.74, 6) is 0. The molecule has 2 rings (SSSR count). The van der Waals surface area contributed by atoms with E-state index in [1.54, 1.807) is 0 Å². The molecule has 1 aromatic heterocycles. The van der Waals surface area contributed by atoms with Crippen LogP contribution in [0.4, 0.5) is 0 Å².